The molecular formula is C13H22N4O2. The van der Waals surface area contributed by atoms with Crippen molar-refractivity contribution >= 4 is 5.91 Å². The smallest absolute Gasteiger partial charge is 0.222 e. The minimum absolute atomic E-state index is 0.0500. The predicted molar refractivity (Wildman–Crippen MR) is 71.7 cm³/mol. The van der Waals surface area contributed by atoms with Gasteiger partial charge in [-0.1, -0.05) is 0 Å². The highest BCUT2D eigenvalue weighted by Crippen LogP contribution is 2.07. The Morgan fingerprint density at radius 2 is 2.32 bits per heavy atom. The Hall–Kier alpha value is -1.40. The normalized spacial score (nSPS) is 16.4. The standard InChI is InChI=1S/C13H22N4O2/c18-13(16-7-9-17-8-6-15-11-17)3-10-19-12-1-4-14-5-2-12/h6,8,11-12,14H,1-5,7,9-10H2,(H,16,18). The number of amides is 1. The van der Waals surface area contributed by atoms with E-state index >= 15 is 0 Å². The number of ether oxygens (including phenoxy) is 1. The van der Waals surface area contributed by atoms with Gasteiger partial charge in [-0.25, -0.2) is 4.98 Å². The van der Waals surface area contributed by atoms with Crippen molar-refractivity contribution in [3.63, 3.8) is 0 Å². The molecule has 1 aliphatic heterocycles. The topological polar surface area (TPSA) is 68.2 Å². The highest BCUT2D eigenvalue weighted by atomic mass is 16.5. The Morgan fingerprint density at radius 3 is 3.05 bits per heavy atom. The Morgan fingerprint density at radius 1 is 1.47 bits per heavy atom. The molecule has 2 N–H and O–H groups in total. The van der Waals surface area contributed by atoms with Crippen LogP contribution in [0.1, 0.15) is 19.3 Å². The van der Waals surface area contributed by atoms with Crippen molar-refractivity contribution in [2.45, 2.75) is 31.9 Å². The van der Waals surface area contributed by atoms with E-state index in [2.05, 4.69) is 15.6 Å². The van der Waals surface area contributed by atoms with Gasteiger partial charge in [-0.15, -0.1) is 0 Å². The Balaban J connectivity index is 1.49. The quantitative estimate of drug-likeness (QED) is 0.737. The molecule has 1 aliphatic rings. The Kier molecular flexibility index (Phi) is 5.84. The molecule has 6 heteroatoms. The summed E-state index contributed by atoms with van der Waals surface area (Å²) in [6, 6.07) is 0. The molecule has 0 spiro atoms. The van der Waals surface area contributed by atoms with E-state index in [1.54, 1.807) is 12.5 Å². The van der Waals surface area contributed by atoms with Crippen LogP contribution in [0.15, 0.2) is 18.7 Å². The number of aromatic nitrogens is 2. The molecule has 1 amide bonds. The summed E-state index contributed by atoms with van der Waals surface area (Å²) in [5.74, 6) is 0.0500. The number of nitrogens with one attached hydrogen (secondary N) is 2. The number of nitrogens with zero attached hydrogens (tertiary/aromatic N) is 2. The lowest BCUT2D eigenvalue weighted by Crippen LogP contribution is -2.33. The molecule has 2 heterocycles. The molecule has 1 saturated heterocycles. The summed E-state index contributed by atoms with van der Waals surface area (Å²) in [4.78, 5) is 15.5. The lowest BCUT2D eigenvalue weighted by Gasteiger charge is -2.22. The van der Waals surface area contributed by atoms with Gasteiger partial charge in [0.15, 0.2) is 0 Å². The van der Waals surface area contributed by atoms with E-state index in [-0.39, 0.29) is 5.91 Å². The minimum atomic E-state index is 0.0500. The molecule has 6 nitrogen and oxygen atoms in total. The third-order valence-corrected chi connectivity index (χ3v) is 3.22. The average molecular weight is 266 g/mol. The fourth-order valence-corrected chi connectivity index (χ4v) is 2.11. The Bertz CT molecular complexity index is 361. The van der Waals surface area contributed by atoms with Crippen molar-refractivity contribution in [1.29, 1.82) is 0 Å². The van der Waals surface area contributed by atoms with Crippen LogP contribution in [0.4, 0.5) is 0 Å². The van der Waals surface area contributed by atoms with Gasteiger partial charge in [0.2, 0.25) is 5.91 Å². The molecule has 0 unspecified atom stereocenters. The van der Waals surface area contributed by atoms with Crippen LogP contribution in [-0.2, 0) is 16.1 Å². The molecule has 0 aromatic carbocycles. The van der Waals surface area contributed by atoms with E-state index < -0.39 is 0 Å². The molecule has 19 heavy (non-hydrogen) atoms. The monoisotopic (exact) mass is 266 g/mol. The number of hydrogen-bond donors (Lipinski definition) is 2. The summed E-state index contributed by atoms with van der Waals surface area (Å²) >= 11 is 0. The van der Waals surface area contributed by atoms with Crippen molar-refractivity contribution < 1.29 is 9.53 Å². The van der Waals surface area contributed by atoms with Gasteiger partial charge < -0.3 is 19.9 Å². The Labute approximate surface area is 113 Å². The van der Waals surface area contributed by atoms with Gasteiger partial charge in [0.1, 0.15) is 0 Å². The first-order valence-corrected chi connectivity index (χ1v) is 6.89. The second kappa shape index (κ2) is 7.91. The van der Waals surface area contributed by atoms with Crippen molar-refractivity contribution in [2.24, 2.45) is 0 Å². The maximum absolute atomic E-state index is 11.6. The van der Waals surface area contributed by atoms with Gasteiger partial charge in [0, 0.05) is 31.9 Å². The van der Waals surface area contributed by atoms with E-state index in [4.69, 9.17) is 4.74 Å². The van der Waals surface area contributed by atoms with E-state index in [9.17, 15) is 4.79 Å². The zero-order valence-corrected chi connectivity index (χ0v) is 11.2. The fourth-order valence-electron chi connectivity index (χ4n) is 2.11. The maximum atomic E-state index is 11.6. The van der Waals surface area contributed by atoms with Crippen LogP contribution < -0.4 is 10.6 Å². The molecule has 2 rings (SSSR count). The minimum Gasteiger partial charge on any atom is -0.378 e. The van der Waals surface area contributed by atoms with E-state index in [1.165, 1.54) is 0 Å². The van der Waals surface area contributed by atoms with Gasteiger partial charge in [0.25, 0.3) is 0 Å². The maximum Gasteiger partial charge on any atom is 0.222 e. The van der Waals surface area contributed by atoms with Crippen LogP contribution in [0, 0.1) is 0 Å². The molecule has 0 saturated carbocycles. The molecule has 1 aromatic heterocycles. The van der Waals surface area contributed by atoms with Gasteiger partial charge in [-0.05, 0) is 25.9 Å². The first kappa shape index (κ1) is 14.0. The summed E-state index contributed by atoms with van der Waals surface area (Å²) < 4.78 is 7.63. The van der Waals surface area contributed by atoms with E-state index in [1.807, 2.05) is 10.8 Å². The lowest BCUT2D eigenvalue weighted by atomic mass is 10.1. The fraction of sp³-hybridized carbons (Fsp3) is 0.692. The average Bonchev–Trinajstić information content (AvgIpc) is 2.93. The number of rotatable bonds is 7. The van der Waals surface area contributed by atoms with Crippen LogP contribution in [0.2, 0.25) is 0 Å². The first-order chi connectivity index (χ1) is 9.34. The van der Waals surface area contributed by atoms with Gasteiger partial charge in [0.05, 0.1) is 19.0 Å². The summed E-state index contributed by atoms with van der Waals surface area (Å²) in [5, 5.41) is 6.17. The molecular weight excluding hydrogens is 244 g/mol. The molecule has 0 aliphatic carbocycles. The number of imidazole rings is 1. The SMILES string of the molecule is O=C(CCOC1CCNCC1)NCCn1ccnc1. The second-order valence-electron chi connectivity index (χ2n) is 4.72. The number of carbonyl (C=O) groups excluding carboxylic acids is 1. The predicted octanol–water partition coefficient (Wildman–Crippen LogP) is 0.158. The number of carbonyl (C=O) groups is 1. The largest absolute Gasteiger partial charge is 0.378 e. The van der Waals surface area contributed by atoms with Gasteiger partial charge in [-0.2, -0.15) is 0 Å². The van der Waals surface area contributed by atoms with Crippen molar-refractivity contribution in [2.75, 3.05) is 26.2 Å². The zero-order valence-electron chi connectivity index (χ0n) is 11.2. The summed E-state index contributed by atoms with van der Waals surface area (Å²) in [6.07, 6.45) is 8.20. The second-order valence-corrected chi connectivity index (χ2v) is 4.72. The number of hydrogen-bond acceptors (Lipinski definition) is 4. The summed E-state index contributed by atoms with van der Waals surface area (Å²) in [5.41, 5.74) is 0. The van der Waals surface area contributed by atoms with E-state index in [0.717, 1.165) is 32.5 Å². The molecule has 0 bridgehead atoms. The van der Waals surface area contributed by atoms with Crippen molar-refractivity contribution in [1.82, 2.24) is 20.2 Å². The van der Waals surface area contributed by atoms with Crippen molar-refractivity contribution in [3.8, 4) is 0 Å². The zero-order chi connectivity index (χ0) is 13.3. The first-order valence-electron chi connectivity index (χ1n) is 6.89. The lowest BCUT2D eigenvalue weighted by molar-refractivity contribution is -0.122. The number of piperidine rings is 1. The summed E-state index contributed by atoms with van der Waals surface area (Å²) in [6.45, 7) is 3.93. The van der Waals surface area contributed by atoms with E-state index in [0.29, 0.717) is 25.7 Å². The van der Waals surface area contributed by atoms with Gasteiger partial charge in [-0.3, -0.25) is 4.79 Å². The molecule has 106 valence electrons. The van der Waals surface area contributed by atoms with Crippen molar-refractivity contribution in [3.05, 3.63) is 18.7 Å². The van der Waals surface area contributed by atoms with Gasteiger partial charge >= 0.3 is 0 Å². The van der Waals surface area contributed by atoms with Crippen LogP contribution in [-0.4, -0.2) is 47.8 Å². The molecule has 0 radical (unpaired) electrons. The van der Waals surface area contributed by atoms with Crippen LogP contribution in [0.3, 0.4) is 0 Å². The molecule has 1 aromatic rings. The highest BCUT2D eigenvalue weighted by Gasteiger charge is 2.13. The third-order valence-electron chi connectivity index (χ3n) is 3.22. The highest BCUT2D eigenvalue weighted by molar-refractivity contribution is 5.75. The molecule has 0 atom stereocenters. The summed E-state index contributed by atoms with van der Waals surface area (Å²) in [7, 11) is 0. The van der Waals surface area contributed by atoms with Crippen LogP contribution in [0.25, 0.3) is 0 Å². The van der Waals surface area contributed by atoms with Crippen LogP contribution in [0.5, 0.6) is 0 Å². The molecule has 1 fully saturated rings. The third kappa shape index (κ3) is 5.40. The van der Waals surface area contributed by atoms with Crippen LogP contribution >= 0.6 is 0 Å².